The van der Waals surface area contributed by atoms with Crippen molar-refractivity contribution in [2.24, 2.45) is 0 Å². The van der Waals surface area contributed by atoms with Crippen molar-refractivity contribution >= 4 is 11.9 Å². The second kappa shape index (κ2) is 8.77. The summed E-state index contributed by atoms with van der Waals surface area (Å²) in [6, 6.07) is 5.85. The Kier molecular flexibility index (Phi) is 5.92. The predicted molar refractivity (Wildman–Crippen MR) is 112 cm³/mol. The van der Waals surface area contributed by atoms with Gasteiger partial charge in [0.25, 0.3) is 0 Å². The normalized spacial score (nSPS) is 16.4. The van der Waals surface area contributed by atoms with Crippen LogP contribution in [-0.2, 0) is 17.8 Å². The van der Waals surface area contributed by atoms with Crippen molar-refractivity contribution in [1.29, 1.82) is 0 Å². The fraction of sp³-hybridized carbons (Fsp3) is 0.500. The molecule has 0 saturated carbocycles. The fourth-order valence-corrected chi connectivity index (χ4v) is 4.01. The van der Waals surface area contributed by atoms with E-state index in [9.17, 15) is 4.79 Å². The molecule has 8 nitrogen and oxygen atoms in total. The van der Waals surface area contributed by atoms with Gasteiger partial charge in [-0.25, -0.2) is 14.8 Å². The number of aromatic nitrogens is 2. The van der Waals surface area contributed by atoms with Crippen molar-refractivity contribution in [2.75, 3.05) is 31.7 Å². The summed E-state index contributed by atoms with van der Waals surface area (Å²) in [6.45, 7) is 7.11. The van der Waals surface area contributed by atoms with Crippen LogP contribution in [0.25, 0.3) is 0 Å². The minimum atomic E-state index is -0.277. The number of fused-ring (bicyclic) bond motifs is 1. The standard InChI is InChI=1S/C22H28N4O4/c1-4-29-22(27)26-13-16-11-15(2)21(24-19(16)14-26)25-9-7-17(8-10-25)30-18-5-6-20(28-3)23-12-18/h5-6,11-12,17H,4,7-10,13-14H2,1-3H3. The van der Waals surface area contributed by atoms with Gasteiger partial charge in [-0.2, -0.15) is 0 Å². The molecule has 2 aliphatic heterocycles. The zero-order valence-corrected chi connectivity index (χ0v) is 17.8. The number of piperidine rings is 1. The van der Waals surface area contributed by atoms with E-state index in [-0.39, 0.29) is 12.2 Å². The molecule has 0 bridgehead atoms. The van der Waals surface area contributed by atoms with Crippen molar-refractivity contribution < 1.29 is 19.0 Å². The number of pyridine rings is 2. The Morgan fingerprint density at radius 1 is 1.23 bits per heavy atom. The van der Waals surface area contributed by atoms with Crippen LogP contribution in [0.1, 0.15) is 36.6 Å². The highest BCUT2D eigenvalue weighted by molar-refractivity contribution is 5.69. The molecule has 1 saturated heterocycles. The van der Waals surface area contributed by atoms with Crippen LogP contribution in [-0.4, -0.2) is 53.9 Å². The van der Waals surface area contributed by atoms with Gasteiger partial charge >= 0.3 is 6.09 Å². The Balaban J connectivity index is 1.37. The van der Waals surface area contributed by atoms with E-state index in [1.807, 2.05) is 19.1 Å². The van der Waals surface area contributed by atoms with Gasteiger partial charge in [0.15, 0.2) is 0 Å². The lowest BCUT2D eigenvalue weighted by Crippen LogP contribution is -2.39. The quantitative estimate of drug-likeness (QED) is 0.746. The lowest BCUT2D eigenvalue weighted by molar-refractivity contribution is 0.106. The first-order valence-corrected chi connectivity index (χ1v) is 10.4. The first-order valence-electron chi connectivity index (χ1n) is 10.4. The molecule has 30 heavy (non-hydrogen) atoms. The van der Waals surface area contributed by atoms with Gasteiger partial charge in [0.1, 0.15) is 17.7 Å². The van der Waals surface area contributed by atoms with E-state index in [4.69, 9.17) is 19.2 Å². The second-order valence-corrected chi connectivity index (χ2v) is 7.63. The van der Waals surface area contributed by atoms with Crippen LogP contribution in [0.4, 0.5) is 10.6 Å². The summed E-state index contributed by atoms with van der Waals surface area (Å²) in [5, 5.41) is 0. The van der Waals surface area contributed by atoms with Gasteiger partial charge < -0.3 is 19.1 Å². The molecule has 4 heterocycles. The molecule has 0 aliphatic carbocycles. The van der Waals surface area contributed by atoms with Gasteiger partial charge in [-0.1, -0.05) is 0 Å². The van der Waals surface area contributed by atoms with E-state index >= 15 is 0 Å². The predicted octanol–water partition coefficient (Wildman–Crippen LogP) is 3.31. The maximum absolute atomic E-state index is 12.0. The number of anilines is 1. The highest BCUT2D eigenvalue weighted by atomic mass is 16.6. The SMILES string of the molecule is CCOC(=O)N1Cc2cc(C)c(N3CCC(Oc4ccc(OC)nc4)CC3)nc2C1. The van der Waals surface area contributed by atoms with Gasteiger partial charge in [-0.3, -0.25) is 4.90 Å². The summed E-state index contributed by atoms with van der Waals surface area (Å²) in [6.07, 6.45) is 3.41. The summed E-state index contributed by atoms with van der Waals surface area (Å²) >= 11 is 0. The average molecular weight is 412 g/mol. The van der Waals surface area contributed by atoms with Crippen LogP contribution in [0, 0.1) is 6.92 Å². The van der Waals surface area contributed by atoms with E-state index in [0.29, 0.717) is 25.6 Å². The first kappa shape index (κ1) is 20.3. The fourth-order valence-electron chi connectivity index (χ4n) is 4.01. The summed E-state index contributed by atoms with van der Waals surface area (Å²) in [7, 11) is 1.60. The Labute approximate surface area is 176 Å². The van der Waals surface area contributed by atoms with Crippen molar-refractivity contribution in [1.82, 2.24) is 14.9 Å². The van der Waals surface area contributed by atoms with Crippen molar-refractivity contribution in [3.63, 3.8) is 0 Å². The van der Waals surface area contributed by atoms with Crippen LogP contribution in [0.15, 0.2) is 24.4 Å². The minimum Gasteiger partial charge on any atom is -0.489 e. The number of aryl methyl sites for hydroxylation is 1. The van der Waals surface area contributed by atoms with Crippen molar-refractivity contribution in [3.8, 4) is 11.6 Å². The summed E-state index contributed by atoms with van der Waals surface area (Å²) < 4.78 is 16.3. The first-order chi connectivity index (χ1) is 14.6. The number of nitrogens with zero attached hydrogens (tertiary/aromatic N) is 4. The van der Waals surface area contributed by atoms with Crippen LogP contribution < -0.4 is 14.4 Å². The zero-order valence-electron chi connectivity index (χ0n) is 17.8. The van der Waals surface area contributed by atoms with E-state index in [2.05, 4.69) is 22.9 Å². The molecule has 0 spiro atoms. The molecule has 8 heteroatoms. The molecule has 4 rings (SSSR count). The zero-order chi connectivity index (χ0) is 21.1. The number of hydrogen-bond donors (Lipinski definition) is 0. The topological polar surface area (TPSA) is 77.0 Å². The molecule has 2 aliphatic rings. The summed E-state index contributed by atoms with van der Waals surface area (Å²) in [4.78, 5) is 25.2. The highest BCUT2D eigenvalue weighted by Crippen LogP contribution is 2.30. The number of hydrogen-bond acceptors (Lipinski definition) is 7. The van der Waals surface area contributed by atoms with Gasteiger partial charge in [-0.05, 0) is 37.1 Å². The van der Waals surface area contributed by atoms with Gasteiger partial charge in [0, 0.05) is 32.0 Å². The van der Waals surface area contributed by atoms with Crippen LogP contribution in [0.2, 0.25) is 0 Å². The molecule has 2 aromatic rings. The lowest BCUT2D eigenvalue weighted by atomic mass is 10.1. The third kappa shape index (κ3) is 4.27. The van der Waals surface area contributed by atoms with Crippen molar-refractivity contribution in [2.45, 2.75) is 45.9 Å². The molecular weight excluding hydrogens is 384 g/mol. The number of amides is 1. The van der Waals surface area contributed by atoms with Crippen LogP contribution in [0.3, 0.4) is 0 Å². The maximum atomic E-state index is 12.0. The van der Waals surface area contributed by atoms with E-state index < -0.39 is 0 Å². The van der Waals surface area contributed by atoms with Gasteiger partial charge in [-0.15, -0.1) is 0 Å². The minimum absolute atomic E-state index is 0.158. The van der Waals surface area contributed by atoms with E-state index in [1.54, 1.807) is 18.2 Å². The van der Waals surface area contributed by atoms with Gasteiger partial charge in [0.05, 0.1) is 38.7 Å². The number of carbonyl (C=O) groups is 1. The maximum Gasteiger partial charge on any atom is 0.410 e. The molecule has 2 aromatic heterocycles. The molecule has 1 amide bonds. The monoisotopic (exact) mass is 412 g/mol. The average Bonchev–Trinajstić information content (AvgIpc) is 3.17. The Hall–Kier alpha value is -3.03. The molecule has 0 atom stereocenters. The van der Waals surface area contributed by atoms with Crippen LogP contribution >= 0.6 is 0 Å². The Morgan fingerprint density at radius 3 is 2.70 bits per heavy atom. The largest absolute Gasteiger partial charge is 0.489 e. The number of carbonyl (C=O) groups excluding carboxylic acids is 1. The number of ether oxygens (including phenoxy) is 3. The molecule has 0 radical (unpaired) electrons. The lowest BCUT2D eigenvalue weighted by Gasteiger charge is -2.34. The summed E-state index contributed by atoms with van der Waals surface area (Å²) in [5.41, 5.74) is 3.21. The molecule has 0 N–H and O–H groups in total. The highest BCUT2D eigenvalue weighted by Gasteiger charge is 2.29. The molecular formula is C22H28N4O4. The second-order valence-electron chi connectivity index (χ2n) is 7.63. The molecule has 0 unspecified atom stereocenters. The summed E-state index contributed by atoms with van der Waals surface area (Å²) in [5.74, 6) is 2.35. The smallest absolute Gasteiger partial charge is 0.410 e. The van der Waals surface area contributed by atoms with Crippen molar-refractivity contribution in [3.05, 3.63) is 41.2 Å². The third-order valence-corrected chi connectivity index (χ3v) is 5.55. The third-order valence-electron chi connectivity index (χ3n) is 5.55. The molecule has 1 fully saturated rings. The Bertz CT molecular complexity index is 895. The van der Waals surface area contributed by atoms with Gasteiger partial charge in [0.2, 0.25) is 5.88 Å². The number of rotatable bonds is 5. The molecule has 160 valence electrons. The number of methoxy groups -OCH3 is 1. The Morgan fingerprint density at radius 2 is 2.03 bits per heavy atom. The molecule has 0 aromatic carbocycles. The van der Waals surface area contributed by atoms with E-state index in [1.165, 1.54) is 0 Å². The van der Waals surface area contributed by atoms with E-state index in [0.717, 1.165) is 54.3 Å². The van der Waals surface area contributed by atoms with Crippen LogP contribution in [0.5, 0.6) is 11.6 Å².